The van der Waals surface area contributed by atoms with Crippen molar-refractivity contribution in [2.24, 2.45) is 0 Å². The zero-order valence-electron chi connectivity index (χ0n) is 13.2. The molecule has 1 aliphatic heterocycles. The maximum Gasteiger partial charge on any atom is 0.249 e. The van der Waals surface area contributed by atoms with Gasteiger partial charge in [0.05, 0.1) is 18.8 Å². The van der Waals surface area contributed by atoms with Crippen molar-refractivity contribution in [1.29, 1.82) is 0 Å². The monoisotopic (exact) mass is 325 g/mol. The van der Waals surface area contributed by atoms with Gasteiger partial charge in [0.15, 0.2) is 0 Å². The lowest BCUT2D eigenvalue weighted by Gasteiger charge is -2.24. The number of hydrogen-bond acceptors (Lipinski definition) is 3. The SMILES string of the molecule is CC(OCC1CCCCO1)C(=O)NC(C)c1ccc(Cl)cc1. The highest BCUT2D eigenvalue weighted by Gasteiger charge is 2.20. The number of nitrogens with one attached hydrogen (secondary N) is 1. The molecule has 1 fully saturated rings. The number of carbonyl (C=O) groups is 1. The van der Waals surface area contributed by atoms with Crippen LogP contribution in [0.25, 0.3) is 0 Å². The molecule has 3 unspecified atom stereocenters. The summed E-state index contributed by atoms with van der Waals surface area (Å²) < 4.78 is 11.2. The molecule has 1 saturated heterocycles. The number of halogens is 1. The van der Waals surface area contributed by atoms with E-state index in [2.05, 4.69) is 5.32 Å². The van der Waals surface area contributed by atoms with Crippen LogP contribution in [0.5, 0.6) is 0 Å². The van der Waals surface area contributed by atoms with Crippen molar-refractivity contribution in [3.8, 4) is 0 Å². The summed E-state index contributed by atoms with van der Waals surface area (Å²) in [5.74, 6) is -0.113. The Kier molecular flexibility index (Phi) is 6.68. The van der Waals surface area contributed by atoms with E-state index in [1.807, 2.05) is 31.2 Å². The number of ether oxygens (including phenoxy) is 2. The number of rotatable bonds is 6. The van der Waals surface area contributed by atoms with Gasteiger partial charge >= 0.3 is 0 Å². The Bertz CT molecular complexity index is 471. The summed E-state index contributed by atoms with van der Waals surface area (Å²) >= 11 is 5.87. The Morgan fingerprint density at radius 2 is 2.09 bits per heavy atom. The lowest BCUT2D eigenvalue weighted by atomic mass is 10.1. The van der Waals surface area contributed by atoms with E-state index in [0.29, 0.717) is 11.6 Å². The molecular formula is C17H24ClNO3. The highest BCUT2D eigenvalue weighted by Crippen LogP contribution is 2.17. The van der Waals surface area contributed by atoms with Crippen LogP contribution in [0.3, 0.4) is 0 Å². The maximum atomic E-state index is 12.2. The molecule has 122 valence electrons. The molecule has 1 heterocycles. The second kappa shape index (κ2) is 8.51. The van der Waals surface area contributed by atoms with E-state index in [9.17, 15) is 4.79 Å². The van der Waals surface area contributed by atoms with Gasteiger partial charge in [-0.3, -0.25) is 4.79 Å². The van der Waals surface area contributed by atoms with Gasteiger partial charge < -0.3 is 14.8 Å². The third kappa shape index (κ3) is 5.27. The molecule has 1 aromatic carbocycles. The highest BCUT2D eigenvalue weighted by molar-refractivity contribution is 6.30. The fourth-order valence-electron chi connectivity index (χ4n) is 2.43. The smallest absolute Gasteiger partial charge is 0.249 e. The normalized spacial score (nSPS) is 21.1. The Morgan fingerprint density at radius 3 is 2.73 bits per heavy atom. The molecule has 4 nitrogen and oxygen atoms in total. The lowest BCUT2D eigenvalue weighted by molar-refractivity contribution is -0.136. The fourth-order valence-corrected chi connectivity index (χ4v) is 2.56. The predicted octanol–water partition coefficient (Wildman–Crippen LogP) is 3.49. The zero-order valence-corrected chi connectivity index (χ0v) is 13.9. The van der Waals surface area contributed by atoms with E-state index in [4.69, 9.17) is 21.1 Å². The molecule has 5 heteroatoms. The van der Waals surface area contributed by atoms with Crippen LogP contribution >= 0.6 is 11.6 Å². The Balaban J connectivity index is 1.76. The average Bonchev–Trinajstić information content (AvgIpc) is 2.54. The molecule has 0 aromatic heterocycles. The van der Waals surface area contributed by atoms with Gasteiger partial charge in [-0.05, 0) is 50.8 Å². The minimum absolute atomic E-state index is 0.0817. The summed E-state index contributed by atoms with van der Waals surface area (Å²) in [5, 5.41) is 3.64. The quantitative estimate of drug-likeness (QED) is 0.871. The van der Waals surface area contributed by atoms with E-state index in [-0.39, 0.29) is 18.1 Å². The van der Waals surface area contributed by atoms with Gasteiger partial charge in [0, 0.05) is 11.6 Å². The largest absolute Gasteiger partial charge is 0.376 e. The van der Waals surface area contributed by atoms with Crippen LogP contribution in [0.1, 0.15) is 44.7 Å². The van der Waals surface area contributed by atoms with E-state index >= 15 is 0 Å². The minimum Gasteiger partial charge on any atom is -0.376 e. The van der Waals surface area contributed by atoms with Crippen molar-refractivity contribution in [2.75, 3.05) is 13.2 Å². The van der Waals surface area contributed by atoms with Crippen LogP contribution < -0.4 is 5.32 Å². The molecule has 1 aromatic rings. The minimum atomic E-state index is -0.486. The summed E-state index contributed by atoms with van der Waals surface area (Å²) in [7, 11) is 0. The summed E-state index contributed by atoms with van der Waals surface area (Å²) in [4.78, 5) is 12.2. The Labute approximate surface area is 137 Å². The van der Waals surface area contributed by atoms with Gasteiger partial charge in [-0.1, -0.05) is 23.7 Å². The summed E-state index contributed by atoms with van der Waals surface area (Å²) in [6, 6.07) is 7.38. The van der Waals surface area contributed by atoms with Gasteiger partial charge in [-0.25, -0.2) is 0 Å². The molecule has 0 radical (unpaired) electrons. The lowest BCUT2D eigenvalue weighted by Crippen LogP contribution is -2.38. The van der Waals surface area contributed by atoms with Crippen LogP contribution in [-0.4, -0.2) is 31.3 Å². The van der Waals surface area contributed by atoms with Crippen LogP contribution in [-0.2, 0) is 14.3 Å². The molecule has 1 amide bonds. The van der Waals surface area contributed by atoms with E-state index in [0.717, 1.165) is 25.0 Å². The summed E-state index contributed by atoms with van der Waals surface area (Å²) in [5.41, 5.74) is 1.01. The van der Waals surface area contributed by atoms with Crippen molar-refractivity contribution in [3.63, 3.8) is 0 Å². The molecular weight excluding hydrogens is 302 g/mol. The van der Waals surface area contributed by atoms with Crippen LogP contribution in [0, 0.1) is 0 Å². The van der Waals surface area contributed by atoms with E-state index in [1.54, 1.807) is 6.92 Å². The maximum absolute atomic E-state index is 12.2. The van der Waals surface area contributed by atoms with E-state index in [1.165, 1.54) is 6.42 Å². The van der Waals surface area contributed by atoms with Gasteiger partial charge in [0.2, 0.25) is 5.91 Å². The molecule has 0 bridgehead atoms. The van der Waals surface area contributed by atoms with Crippen molar-refractivity contribution in [3.05, 3.63) is 34.9 Å². The predicted molar refractivity (Wildman–Crippen MR) is 87.0 cm³/mol. The Hall–Kier alpha value is -1.10. The van der Waals surface area contributed by atoms with Crippen molar-refractivity contribution >= 4 is 17.5 Å². The average molecular weight is 326 g/mol. The first kappa shape index (κ1) is 17.3. The zero-order chi connectivity index (χ0) is 15.9. The molecule has 3 atom stereocenters. The molecule has 0 aliphatic carbocycles. The second-order valence-electron chi connectivity index (χ2n) is 5.75. The van der Waals surface area contributed by atoms with Crippen molar-refractivity contribution < 1.29 is 14.3 Å². The summed E-state index contributed by atoms with van der Waals surface area (Å²) in [6.07, 6.45) is 2.93. The topological polar surface area (TPSA) is 47.6 Å². The molecule has 0 saturated carbocycles. The van der Waals surface area contributed by atoms with Crippen molar-refractivity contribution in [1.82, 2.24) is 5.32 Å². The van der Waals surface area contributed by atoms with Gasteiger partial charge in [0.1, 0.15) is 6.10 Å². The molecule has 1 N–H and O–H groups in total. The number of benzene rings is 1. The first-order chi connectivity index (χ1) is 10.6. The van der Waals surface area contributed by atoms with Gasteiger partial charge in [-0.15, -0.1) is 0 Å². The molecule has 0 spiro atoms. The third-order valence-electron chi connectivity index (χ3n) is 3.90. The fraction of sp³-hybridized carbons (Fsp3) is 0.588. The molecule has 22 heavy (non-hydrogen) atoms. The molecule has 2 rings (SSSR count). The Morgan fingerprint density at radius 1 is 1.36 bits per heavy atom. The van der Waals surface area contributed by atoms with E-state index < -0.39 is 6.10 Å². The number of amides is 1. The number of hydrogen-bond donors (Lipinski definition) is 1. The van der Waals surface area contributed by atoms with Crippen LogP contribution in [0.2, 0.25) is 5.02 Å². The first-order valence-electron chi connectivity index (χ1n) is 7.85. The first-order valence-corrected chi connectivity index (χ1v) is 8.23. The molecule has 1 aliphatic rings. The van der Waals surface area contributed by atoms with Gasteiger partial charge in [0.25, 0.3) is 0 Å². The van der Waals surface area contributed by atoms with Crippen LogP contribution in [0.15, 0.2) is 24.3 Å². The standard InChI is InChI=1S/C17H24ClNO3/c1-12(14-6-8-15(18)9-7-14)19-17(20)13(2)22-11-16-5-3-4-10-21-16/h6-9,12-13,16H,3-5,10-11H2,1-2H3,(H,19,20). The van der Waals surface area contributed by atoms with Crippen molar-refractivity contribution in [2.45, 2.75) is 51.4 Å². The third-order valence-corrected chi connectivity index (χ3v) is 4.16. The number of carbonyl (C=O) groups excluding carboxylic acids is 1. The van der Waals surface area contributed by atoms with Gasteiger partial charge in [-0.2, -0.15) is 0 Å². The second-order valence-corrected chi connectivity index (χ2v) is 6.18. The summed E-state index contributed by atoms with van der Waals surface area (Å²) in [6.45, 7) is 4.98. The highest BCUT2D eigenvalue weighted by atomic mass is 35.5. The van der Waals surface area contributed by atoms with Crippen LogP contribution in [0.4, 0.5) is 0 Å².